The van der Waals surface area contributed by atoms with E-state index in [4.69, 9.17) is 0 Å². The van der Waals surface area contributed by atoms with Gasteiger partial charge in [0.2, 0.25) is 5.91 Å². The first kappa shape index (κ1) is 11.4. The molecule has 1 N–H and O–H groups in total. The maximum Gasteiger partial charge on any atom is 0.223 e. The number of halogens is 1. The van der Waals surface area contributed by atoms with Crippen molar-refractivity contribution in [2.45, 2.75) is 33.1 Å². The van der Waals surface area contributed by atoms with Gasteiger partial charge in [0.05, 0.1) is 0 Å². The van der Waals surface area contributed by atoms with E-state index in [2.05, 4.69) is 35.1 Å². The van der Waals surface area contributed by atoms with Crippen LogP contribution < -0.4 is 5.32 Å². The zero-order chi connectivity index (χ0) is 11.1. The number of amides is 1. The van der Waals surface area contributed by atoms with Crippen LogP contribution in [0.5, 0.6) is 0 Å². The van der Waals surface area contributed by atoms with Crippen LogP contribution in [0.15, 0.2) is 0 Å². The molecule has 2 aliphatic rings. The molecule has 86 valence electrons. The second kappa shape index (κ2) is 4.08. The highest BCUT2D eigenvalue weighted by atomic mass is 79.9. The molecule has 0 aliphatic heterocycles. The molecule has 1 amide bonds. The van der Waals surface area contributed by atoms with Crippen molar-refractivity contribution in [1.82, 2.24) is 5.32 Å². The zero-order valence-corrected chi connectivity index (χ0v) is 11.1. The summed E-state index contributed by atoms with van der Waals surface area (Å²) in [6.45, 7) is 5.11. The Morgan fingerprint density at radius 2 is 2.00 bits per heavy atom. The molecule has 0 saturated heterocycles. The Bertz CT molecular complexity index is 254. The quantitative estimate of drug-likeness (QED) is 0.784. The summed E-state index contributed by atoms with van der Waals surface area (Å²) in [5, 5.41) is 4.02. The maximum atomic E-state index is 11.9. The predicted octanol–water partition coefficient (Wildman–Crippen LogP) is 2.57. The molecule has 2 unspecified atom stereocenters. The second-order valence-corrected chi connectivity index (χ2v) is 6.36. The summed E-state index contributed by atoms with van der Waals surface area (Å²) in [6, 6.07) is 0. The first-order valence-corrected chi connectivity index (χ1v) is 7.01. The van der Waals surface area contributed by atoms with E-state index >= 15 is 0 Å². The van der Waals surface area contributed by atoms with Crippen LogP contribution in [0.4, 0.5) is 0 Å². The van der Waals surface area contributed by atoms with E-state index in [-0.39, 0.29) is 5.41 Å². The van der Waals surface area contributed by atoms with Crippen molar-refractivity contribution in [2.75, 3.05) is 11.9 Å². The van der Waals surface area contributed by atoms with E-state index in [1.807, 2.05) is 0 Å². The van der Waals surface area contributed by atoms with E-state index < -0.39 is 0 Å². The summed E-state index contributed by atoms with van der Waals surface area (Å²) in [4.78, 5) is 11.9. The average Bonchev–Trinajstić information content (AvgIpc) is 2.69. The third-order valence-corrected chi connectivity index (χ3v) is 5.33. The molecular weight excluding hydrogens is 254 g/mol. The van der Waals surface area contributed by atoms with E-state index in [0.29, 0.717) is 11.8 Å². The molecule has 2 aliphatic carbocycles. The topological polar surface area (TPSA) is 29.1 Å². The van der Waals surface area contributed by atoms with Gasteiger partial charge in [-0.05, 0) is 30.1 Å². The summed E-state index contributed by atoms with van der Waals surface area (Å²) >= 11 is 3.47. The predicted molar refractivity (Wildman–Crippen MR) is 64.9 cm³/mol. The van der Waals surface area contributed by atoms with Gasteiger partial charge >= 0.3 is 0 Å². The number of carbonyl (C=O) groups is 1. The average molecular weight is 274 g/mol. The second-order valence-electron chi connectivity index (χ2n) is 5.80. The molecule has 0 heterocycles. The Labute approximate surface area is 100 Å². The molecule has 2 nitrogen and oxygen atoms in total. The molecule has 0 radical (unpaired) electrons. The van der Waals surface area contributed by atoms with E-state index in [1.54, 1.807) is 0 Å². The summed E-state index contributed by atoms with van der Waals surface area (Å²) in [6.07, 6.45) is 3.90. The van der Waals surface area contributed by atoms with E-state index in [0.717, 1.165) is 23.7 Å². The summed E-state index contributed by atoms with van der Waals surface area (Å²) in [5.41, 5.74) is 0.166. The fourth-order valence-corrected chi connectivity index (χ4v) is 2.90. The number of hydrogen-bond acceptors (Lipinski definition) is 1. The Morgan fingerprint density at radius 3 is 2.53 bits per heavy atom. The fourth-order valence-electron chi connectivity index (χ4n) is 2.70. The SMILES string of the molecule is CC(C)(CBr)CNC(=O)C1C2CCCC21. The highest BCUT2D eigenvalue weighted by Crippen LogP contribution is 2.57. The molecular formula is C12H20BrNO. The van der Waals surface area contributed by atoms with Crippen LogP contribution in [0.3, 0.4) is 0 Å². The van der Waals surface area contributed by atoms with E-state index in [9.17, 15) is 4.79 Å². The van der Waals surface area contributed by atoms with Crippen LogP contribution in [0.2, 0.25) is 0 Å². The molecule has 2 atom stereocenters. The largest absolute Gasteiger partial charge is 0.355 e. The number of rotatable bonds is 4. The highest BCUT2D eigenvalue weighted by molar-refractivity contribution is 9.09. The lowest BCUT2D eigenvalue weighted by molar-refractivity contribution is -0.123. The Hall–Kier alpha value is -0.0500. The number of fused-ring (bicyclic) bond motifs is 1. The van der Waals surface area contributed by atoms with Crippen LogP contribution in [-0.2, 0) is 4.79 Å². The van der Waals surface area contributed by atoms with Gasteiger partial charge in [0.15, 0.2) is 0 Å². The molecule has 15 heavy (non-hydrogen) atoms. The minimum absolute atomic E-state index is 0.166. The number of alkyl halides is 1. The van der Waals surface area contributed by atoms with Crippen molar-refractivity contribution in [3.05, 3.63) is 0 Å². The third kappa shape index (κ3) is 2.38. The van der Waals surface area contributed by atoms with Crippen LogP contribution in [0.1, 0.15) is 33.1 Å². The van der Waals surface area contributed by atoms with Gasteiger partial charge in [-0.3, -0.25) is 4.79 Å². The lowest BCUT2D eigenvalue weighted by Crippen LogP contribution is -2.36. The summed E-state index contributed by atoms with van der Waals surface area (Å²) < 4.78 is 0. The summed E-state index contributed by atoms with van der Waals surface area (Å²) in [7, 11) is 0. The molecule has 2 fully saturated rings. The van der Waals surface area contributed by atoms with Gasteiger partial charge in [-0.1, -0.05) is 36.2 Å². The maximum absolute atomic E-state index is 11.9. The van der Waals surface area contributed by atoms with Crippen molar-refractivity contribution in [3.8, 4) is 0 Å². The van der Waals surface area contributed by atoms with Crippen molar-refractivity contribution in [3.63, 3.8) is 0 Å². The normalized spacial score (nSPS) is 33.7. The first-order chi connectivity index (χ1) is 7.05. The minimum Gasteiger partial charge on any atom is -0.355 e. The fraction of sp³-hybridized carbons (Fsp3) is 0.917. The van der Waals surface area contributed by atoms with Crippen LogP contribution in [-0.4, -0.2) is 17.8 Å². The van der Waals surface area contributed by atoms with Crippen molar-refractivity contribution >= 4 is 21.8 Å². The van der Waals surface area contributed by atoms with Gasteiger partial charge < -0.3 is 5.32 Å². The zero-order valence-electron chi connectivity index (χ0n) is 9.55. The standard InChI is InChI=1S/C12H20BrNO/c1-12(2,6-13)7-14-11(15)10-8-4-3-5-9(8)10/h8-10H,3-7H2,1-2H3,(H,14,15). The molecule has 0 aromatic rings. The smallest absolute Gasteiger partial charge is 0.223 e. The Morgan fingerprint density at radius 1 is 1.40 bits per heavy atom. The minimum atomic E-state index is 0.166. The van der Waals surface area contributed by atoms with Crippen molar-refractivity contribution in [2.24, 2.45) is 23.2 Å². The molecule has 0 aromatic heterocycles. The van der Waals surface area contributed by atoms with E-state index in [1.165, 1.54) is 19.3 Å². The van der Waals surface area contributed by atoms with Crippen LogP contribution in [0, 0.1) is 23.2 Å². The van der Waals surface area contributed by atoms with Crippen LogP contribution >= 0.6 is 15.9 Å². The molecule has 0 aromatic carbocycles. The number of carbonyl (C=O) groups excluding carboxylic acids is 1. The monoisotopic (exact) mass is 273 g/mol. The summed E-state index contributed by atoms with van der Waals surface area (Å²) in [5.74, 6) is 2.14. The van der Waals surface area contributed by atoms with Gasteiger partial charge in [0.25, 0.3) is 0 Å². The molecule has 2 saturated carbocycles. The van der Waals surface area contributed by atoms with Gasteiger partial charge in [0.1, 0.15) is 0 Å². The molecule has 0 spiro atoms. The third-order valence-electron chi connectivity index (χ3n) is 3.81. The highest BCUT2D eigenvalue weighted by Gasteiger charge is 2.56. The van der Waals surface area contributed by atoms with Gasteiger partial charge in [-0.2, -0.15) is 0 Å². The molecule has 3 heteroatoms. The lowest BCUT2D eigenvalue weighted by Gasteiger charge is -2.22. The van der Waals surface area contributed by atoms with Gasteiger partial charge in [0, 0.05) is 17.8 Å². The van der Waals surface area contributed by atoms with Crippen LogP contribution in [0.25, 0.3) is 0 Å². The molecule has 0 bridgehead atoms. The van der Waals surface area contributed by atoms with Crippen molar-refractivity contribution < 1.29 is 4.79 Å². The lowest BCUT2D eigenvalue weighted by atomic mass is 9.96. The number of nitrogens with one attached hydrogen (secondary N) is 1. The Kier molecular flexibility index (Phi) is 3.11. The van der Waals surface area contributed by atoms with Gasteiger partial charge in [-0.15, -0.1) is 0 Å². The molecule has 2 rings (SSSR count). The number of hydrogen-bond donors (Lipinski definition) is 1. The van der Waals surface area contributed by atoms with Crippen molar-refractivity contribution in [1.29, 1.82) is 0 Å². The first-order valence-electron chi connectivity index (χ1n) is 5.89. The van der Waals surface area contributed by atoms with Gasteiger partial charge in [-0.25, -0.2) is 0 Å². The Balaban J connectivity index is 1.75.